The lowest BCUT2D eigenvalue weighted by molar-refractivity contribution is 0.00304. The molecule has 0 radical (unpaired) electrons. The second-order valence-electron chi connectivity index (χ2n) is 9.74. The highest BCUT2D eigenvalue weighted by atomic mass is 31.2. The normalized spacial score (nSPS) is 54.5. The van der Waals surface area contributed by atoms with E-state index in [-0.39, 0.29) is 0 Å². The van der Waals surface area contributed by atoms with Crippen molar-refractivity contribution in [2.45, 2.75) is 100 Å². The molecule has 6 aliphatic rings. The Morgan fingerprint density at radius 3 is 1.79 bits per heavy atom. The van der Waals surface area contributed by atoms with E-state index in [9.17, 15) is 0 Å². The molecule has 6 rings (SSSR count). The van der Waals surface area contributed by atoms with E-state index >= 15 is 0 Å². The lowest BCUT2D eigenvalue weighted by Gasteiger charge is -2.58. The average molecular weight is 348 g/mol. The molecule has 3 saturated carbocycles. The van der Waals surface area contributed by atoms with Crippen molar-refractivity contribution in [3.63, 3.8) is 0 Å². The summed E-state index contributed by atoms with van der Waals surface area (Å²) in [6.07, 6.45) is 16.6. The van der Waals surface area contributed by atoms with Gasteiger partial charge in [-0.2, -0.15) is 10.2 Å². The fourth-order valence-corrected chi connectivity index (χ4v) is 14.1. The van der Waals surface area contributed by atoms with Gasteiger partial charge < -0.3 is 0 Å². The highest BCUT2D eigenvalue weighted by molar-refractivity contribution is 7.74. The zero-order valence-electron chi connectivity index (χ0n) is 15.1. The fourth-order valence-electron chi connectivity index (χ4n) is 8.17. The van der Waals surface area contributed by atoms with E-state index in [0.717, 1.165) is 41.3 Å². The zero-order valence-corrected chi connectivity index (χ0v) is 16.0. The van der Waals surface area contributed by atoms with E-state index in [1.165, 1.54) is 83.7 Å². The van der Waals surface area contributed by atoms with Crippen LogP contribution in [0.25, 0.3) is 0 Å². The van der Waals surface area contributed by atoms with E-state index in [1.807, 2.05) is 0 Å². The number of nitrogens with zero attached hydrogens (tertiary/aromatic N) is 1. The number of hydrogen-bond acceptors (Lipinski definition) is 3. The van der Waals surface area contributed by atoms with Crippen LogP contribution in [-0.4, -0.2) is 47.4 Å². The minimum Gasteiger partial charge on any atom is -0.286 e. The summed E-state index contributed by atoms with van der Waals surface area (Å²) >= 11 is 0. The predicted octanol–water partition coefficient (Wildman–Crippen LogP) is 3.76. The molecule has 3 saturated heterocycles. The van der Waals surface area contributed by atoms with E-state index in [4.69, 9.17) is 0 Å². The fraction of sp³-hybridized carbons (Fsp3) is 1.00. The van der Waals surface area contributed by atoms with Gasteiger partial charge in [-0.05, 0) is 38.5 Å². The first kappa shape index (κ1) is 15.4. The third-order valence-electron chi connectivity index (χ3n) is 8.84. The largest absolute Gasteiger partial charge is 0.286 e. The highest BCUT2D eigenvalue weighted by Gasteiger charge is 2.74. The predicted molar refractivity (Wildman–Crippen MR) is 101 cm³/mol. The molecule has 6 atom stereocenters. The van der Waals surface area contributed by atoms with Gasteiger partial charge in [-0.15, -0.1) is 0 Å². The Hall–Kier alpha value is 0.310. The van der Waals surface area contributed by atoms with Crippen molar-refractivity contribution in [3.8, 4) is 0 Å². The Bertz CT molecular complexity index is 469. The molecule has 1 spiro atoms. The Morgan fingerprint density at radius 2 is 1.21 bits per heavy atom. The van der Waals surface area contributed by atoms with Gasteiger partial charge in [-0.3, -0.25) is 4.90 Å². The third-order valence-corrected chi connectivity index (χ3v) is 13.7. The van der Waals surface area contributed by atoms with Crippen LogP contribution in [-0.2, 0) is 0 Å². The molecule has 0 aromatic carbocycles. The Kier molecular flexibility index (Phi) is 3.62. The lowest BCUT2D eigenvalue weighted by Crippen LogP contribution is -2.66. The maximum Gasteiger partial charge on any atom is 0.157 e. The van der Waals surface area contributed by atoms with Crippen molar-refractivity contribution in [1.82, 2.24) is 15.1 Å². The molecule has 134 valence electrons. The van der Waals surface area contributed by atoms with Gasteiger partial charge in [0.2, 0.25) is 0 Å². The summed E-state index contributed by atoms with van der Waals surface area (Å²) in [5, 5.41) is 8.46. The van der Waals surface area contributed by atoms with Gasteiger partial charge >= 0.3 is 0 Å². The summed E-state index contributed by atoms with van der Waals surface area (Å²) in [5.41, 5.74) is 2.02. The minimum atomic E-state index is -1.10. The van der Waals surface area contributed by atoms with E-state index in [2.05, 4.69) is 15.1 Å². The molecular weight excluding hydrogens is 313 g/mol. The average Bonchev–Trinajstić information content (AvgIpc) is 3.21. The Morgan fingerprint density at radius 1 is 0.625 bits per heavy atom. The minimum absolute atomic E-state index is 0.931. The van der Waals surface area contributed by atoms with Gasteiger partial charge in [0.05, 0.1) is 12.1 Å². The summed E-state index contributed by atoms with van der Waals surface area (Å²) < 4.78 is 0. The van der Waals surface area contributed by atoms with E-state index in [1.54, 1.807) is 0 Å². The maximum atomic E-state index is 4.23. The SMILES string of the molecule is C1CCC(N2C3CCCC4CN[P+]5(NCC6CCCC2C65)C43)CC1. The summed E-state index contributed by atoms with van der Waals surface area (Å²) in [7, 11) is -1.10. The second-order valence-corrected chi connectivity index (χ2v) is 13.1. The Labute approximate surface area is 148 Å². The summed E-state index contributed by atoms with van der Waals surface area (Å²) in [6, 6.07) is 2.80. The van der Waals surface area contributed by atoms with Crippen molar-refractivity contribution >= 4 is 7.56 Å². The highest BCUT2D eigenvalue weighted by Crippen LogP contribution is 2.77. The zero-order chi connectivity index (χ0) is 15.7. The lowest BCUT2D eigenvalue weighted by atomic mass is 9.77. The topological polar surface area (TPSA) is 27.3 Å². The van der Waals surface area contributed by atoms with Crippen LogP contribution in [0.5, 0.6) is 0 Å². The van der Waals surface area contributed by atoms with E-state index < -0.39 is 7.56 Å². The van der Waals surface area contributed by atoms with Crippen LogP contribution in [0.15, 0.2) is 0 Å². The summed E-state index contributed by atoms with van der Waals surface area (Å²) in [4.78, 5) is 3.21. The first-order chi connectivity index (χ1) is 11.9. The van der Waals surface area contributed by atoms with Gasteiger partial charge in [0.25, 0.3) is 0 Å². The Balaban J connectivity index is 1.44. The van der Waals surface area contributed by atoms with Crippen LogP contribution in [0.4, 0.5) is 0 Å². The quantitative estimate of drug-likeness (QED) is 0.707. The second kappa shape index (κ2) is 5.65. The van der Waals surface area contributed by atoms with Gasteiger partial charge in [0, 0.05) is 31.0 Å². The molecule has 0 aromatic heterocycles. The monoisotopic (exact) mass is 348 g/mol. The van der Waals surface area contributed by atoms with Crippen LogP contribution in [0.2, 0.25) is 0 Å². The van der Waals surface area contributed by atoms with Crippen LogP contribution in [0, 0.1) is 11.8 Å². The number of nitrogens with one attached hydrogen (secondary N) is 2. The molecule has 3 heterocycles. The molecule has 0 amide bonds. The van der Waals surface area contributed by atoms with Crippen LogP contribution in [0.3, 0.4) is 0 Å². The molecule has 0 aromatic rings. The van der Waals surface area contributed by atoms with Crippen LogP contribution < -0.4 is 10.2 Å². The smallest absolute Gasteiger partial charge is 0.157 e. The molecule has 4 heteroatoms. The summed E-state index contributed by atoms with van der Waals surface area (Å²) in [5.74, 6) is 2.00. The van der Waals surface area contributed by atoms with Crippen molar-refractivity contribution in [1.29, 1.82) is 0 Å². The van der Waals surface area contributed by atoms with Crippen molar-refractivity contribution in [2.75, 3.05) is 13.1 Å². The summed E-state index contributed by atoms with van der Waals surface area (Å²) in [6.45, 7) is 2.69. The number of rotatable bonds is 1. The van der Waals surface area contributed by atoms with E-state index in [0.29, 0.717) is 0 Å². The van der Waals surface area contributed by atoms with Gasteiger partial charge in [0.15, 0.2) is 7.56 Å². The molecular formula is C20H35N3P+. The third kappa shape index (κ3) is 1.94. The first-order valence-corrected chi connectivity index (χ1v) is 13.0. The van der Waals surface area contributed by atoms with Crippen LogP contribution in [0.1, 0.15) is 70.6 Å². The first-order valence-electron chi connectivity index (χ1n) is 11.0. The van der Waals surface area contributed by atoms with Gasteiger partial charge in [-0.1, -0.05) is 32.1 Å². The number of hydrogen-bond donors (Lipinski definition) is 2. The molecule has 6 fully saturated rings. The van der Waals surface area contributed by atoms with Gasteiger partial charge in [-0.25, -0.2) is 0 Å². The molecule has 3 aliphatic carbocycles. The van der Waals surface area contributed by atoms with Gasteiger partial charge in [0.1, 0.15) is 11.3 Å². The van der Waals surface area contributed by atoms with Crippen LogP contribution >= 0.6 is 7.56 Å². The molecule has 0 bridgehead atoms. The van der Waals surface area contributed by atoms with Crippen molar-refractivity contribution in [2.24, 2.45) is 11.8 Å². The van der Waals surface area contributed by atoms with Crippen molar-refractivity contribution in [3.05, 3.63) is 0 Å². The maximum absolute atomic E-state index is 4.23. The molecule has 3 nitrogen and oxygen atoms in total. The molecule has 3 aliphatic heterocycles. The van der Waals surface area contributed by atoms with Crippen molar-refractivity contribution < 1.29 is 0 Å². The standard InChI is InChI=1S/C20H35N3P/c1-2-8-16(9-3-1)23-17-10-4-6-14-12-21-24(19(14)17)20-15(13-22-24)7-5-11-18(20)23/h14-22H,1-13H2/q+1. The molecule has 6 unspecified atom stereocenters. The molecule has 2 N–H and O–H groups in total. The molecule has 24 heavy (non-hydrogen) atoms.